The molecule has 0 spiro atoms. The van der Waals surface area contributed by atoms with E-state index < -0.39 is 11.7 Å². The van der Waals surface area contributed by atoms with E-state index in [9.17, 15) is 5.11 Å². The lowest BCUT2D eigenvalue weighted by molar-refractivity contribution is -0.179. The first-order valence-electron chi connectivity index (χ1n) is 5.51. The molecule has 0 heterocycles. The summed E-state index contributed by atoms with van der Waals surface area (Å²) in [6, 6.07) is 0. The molecule has 16 heavy (non-hydrogen) atoms. The van der Waals surface area contributed by atoms with Gasteiger partial charge < -0.3 is 19.7 Å². The second-order valence-corrected chi connectivity index (χ2v) is 4.38. The Kier molecular flexibility index (Phi) is 7.58. The Labute approximate surface area is 97.9 Å². The van der Waals surface area contributed by atoms with E-state index in [2.05, 4.69) is 6.08 Å². The molecule has 0 rings (SSSR count). The van der Waals surface area contributed by atoms with Crippen molar-refractivity contribution in [2.24, 2.45) is 0 Å². The van der Waals surface area contributed by atoms with Crippen LogP contribution in [0.1, 0.15) is 33.6 Å². The van der Waals surface area contributed by atoms with Gasteiger partial charge in [-0.1, -0.05) is 11.6 Å². The predicted molar refractivity (Wildman–Crippen MR) is 63.1 cm³/mol. The van der Waals surface area contributed by atoms with E-state index in [0.717, 1.165) is 6.42 Å². The number of rotatable bonds is 8. The average Bonchev–Trinajstić information content (AvgIpc) is 2.24. The summed E-state index contributed by atoms with van der Waals surface area (Å²) in [6.07, 6.45) is 2.63. The zero-order valence-corrected chi connectivity index (χ0v) is 10.7. The standard InChI is InChI=1S/C12H24O4/c1-10(2)6-5-7-12(3,11(14)8-13)16-9-15-4/h6,11,13-14H,5,7-9H2,1-4H3. The number of aliphatic hydroxyl groups excluding tert-OH is 2. The smallest absolute Gasteiger partial charge is 0.147 e. The molecule has 2 unspecified atom stereocenters. The highest BCUT2D eigenvalue weighted by Crippen LogP contribution is 2.23. The lowest BCUT2D eigenvalue weighted by Gasteiger charge is -2.33. The molecule has 0 aromatic heterocycles. The number of methoxy groups -OCH3 is 1. The Hall–Kier alpha value is -0.420. The van der Waals surface area contributed by atoms with E-state index in [1.807, 2.05) is 13.8 Å². The third kappa shape index (κ3) is 5.61. The molecule has 0 aromatic rings. The summed E-state index contributed by atoms with van der Waals surface area (Å²) in [6.45, 7) is 5.63. The van der Waals surface area contributed by atoms with Crippen LogP contribution in [0.15, 0.2) is 11.6 Å². The molecule has 0 radical (unpaired) electrons. The fourth-order valence-corrected chi connectivity index (χ4v) is 1.37. The summed E-state index contributed by atoms with van der Waals surface area (Å²) >= 11 is 0. The molecule has 0 aliphatic carbocycles. The Morgan fingerprint density at radius 3 is 2.50 bits per heavy atom. The van der Waals surface area contributed by atoms with E-state index in [0.29, 0.717) is 6.42 Å². The van der Waals surface area contributed by atoms with Gasteiger partial charge >= 0.3 is 0 Å². The van der Waals surface area contributed by atoms with Gasteiger partial charge in [-0.15, -0.1) is 0 Å². The van der Waals surface area contributed by atoms with Crippen LogP contribution < -0.4 is 0 Å². The molecule has 2 atom stereocenters. The maximum atomic E-state index is 9.72. The van der Waals surface area contributed by atoms with Crippen LogP contribution >= 0.6 is 0 Å². The van der Waals surface area contributed by atoms with Gasteiger partial charge in [0, 0.05) is 7.11 Å². The Balaban J connectivity index is 4.34. The fourth-order valence-electron chi connectivity index (χ4n) is 1.37. The van der Waals surface area contributed by atoms with Crippen molar-refractivity contribution < 1.29 is 19.7 Å². The highest BCUT2D eigenvalue weighted by atomic mass is 16.7. The minimum Gasteiger partial charge on any atom is -0.394 e. The van der Waals surface area contributed by atoms with Crippen LogP contribution in [0, 0.1) is 0 Å². The van der Waals surface area contributed by atoms with Crippen LogP contribution in [0.2, 0.25) is 0 Å². The first kappa shape index (κ1) is 15.6. The van der Waals surface area contributed by atoms with Crippen LogP contribution in [0.5, 0.6) is 0 Å². The topological polar surface area (TPSA) is 58.9 Å². The Morgan fingerprint density at radius 2 is 2.06 bits per heavy atom. The van der Waals surface area contributed by atoms with Crippen molar-refractivity contribution >= 4 is 0 Å². The van der Waals surface area contributed by atoms with Crippen LogP contribution in [0.3, 0.4) is 0 Å². The van der Waals surface area contributed by atoms with Crippen molar-refractivity contribution in [3.63, 3.8) is 0 Å². The summed E-state index contributed by atoms with van der Waals surface area (Å²) in [7, 11) is 1.53. The lowest BCUT2D eigenvalue weighted by Crippen LogP contribution is -2.44. The van der Waals surface area contributed by atoms with Crippen LogP contribution in [0.4, 0.5) is 0 Å². The second-order valence-electron chi connectivity index (χ2n) is 4.38. The number of allylic oxidation sites excluding steroid dienone is 2. The van der Waals surface area contributed by atoms with Crippen molar-refractivity contribution in [2.75, 3.05) is 20.5 Å². The highest BCUT2D eigenvalue weighted by molar-refractivity contribution is 4.95. The molecule has 4 heteroatoms. The van der Waals surface area contributed by atoms with Crippen molar-refractivity contribution in [3.8, 4) is 0 Å². The third-order valence-corrected chi connectivity index (χ3v) is 2.58. The molecule has 0 aromatic carbocycles. The molecule has 0 aliphatic rings. The lowest BCUT2D eigenvalue weighted by atomic mass is 9.93. The average molecular weight is 232 g/mol. The van der Waals surface area contributed by atoms with Gasteiger partial charge in [-0.2, -0.15) is 0 Å². The molecule has 0 amide bonds. The van der Waals surface area contributed by atoms with Crippen molar-refractivity contribution in [1.82, 2.24) is 0 Å². The fraction of sp³-hybridized carbons (Fsp3) is 0.833. The molecule has 0 bridgehead atoms. The molecule has 96 valence electrons. The van der Waals surface area contributed by atoms with Gasteiger partial charge in [0.05, 0.1) is 12.2 Å². The Bertz CT molecular complexity index is 211. The molecule has 2 N–H and O–H groups in total. The first-order chi connectivity index (χ1) is 7.46. The molecule has 0 saturated carbocycles. The SMILES string of the molecule is COCOC(C)(CCC=C(C)C)C(O)CO. The molecule has 0 aliphatic heterocycles. The van der Waals surface area contributed by atoms with Crippen molar-refractivity contribution in [1.29, 1.82) is 0 Å². The quantitative estimate of drug-likeness (QED) is 0.491. The van der Waals surface area contributed by atoms with E-state index >= 15 is 0 Å². The molecular formula is C12H24O4. The van der Waals surface area contributed by atoms with Gasteiger partial charge in [0.1, 0.15) is 12.9 Å². The largest absolute Gasteiger partial charge is 0.394 e. The zero-order chi connectivity index (χ0) is 12.6. The van der Waals surface area contributed by atoms with Gasteiger partial charge in [0.25, 0.3) is 0 Å². The van der Waals surface area contributed by atoms with E-state index in [4.69, 9.17) is 14.6 Å². The predicted octanol–water partition coefficient (Wildman–Crippen LogP) is 1.47. The maximum absolute atomic E-state index is 9.72. The normalized spacial score (nSPS) is 16.6. The van der Waals surface area contributed by atoms with Gasteiger partial charge in [-0.25, -0.2) is 0 Å². The molecule has 4 nitrogen and oxygen atoms in total. The van der Waals surface area contributed by atoms with Crippen molar-refractivity contribution in [3.05, 3.63) is 11.6 Å². The highest BCUT2D eigenvalue weighted by Gasteiger charge is 2.32. The summed E-state index contributed by atoms with van der Waals surface area (Å²) in [5.74, 6) is 0. The van der Waals surface area contributed by atoms with Gasteiger partial charge in [-0.3, -0.25) is 0 Å². The summed E-state index contributed by atoms with van der Waals surface area (Å²) in [5.41, 5.74) is 0.462. The van der Waals surface area contributed by atoms with Crippen molar-refractivity contribution in [2.45, 2.75) is 45.3 Å². The summed E-state index contributed by atoms with van der Waals surface area (Å²) in [4.78, 5) is 0. The van der Waals surface area contributed by atoms with Gasteiger partial charge in [0.2, 0.25) is 0 Å². The number of ether oxygens (including phenoxy) is 2. The minimum absolute atomic E-state index is 0.113. The first-order valence-corrected chi connectivity index (χ1v) is 5.51. The number of hydrogen-bond acceptors (Lipinski definition) is 4. The Morgan fingerprint density at radius 1 is 1.44 bits per heavy atom. The van der Waals surface area contributed by atoms with Gasteiger partial charge in [-0.05, 0) is 33.6 Å². The van der Waals surface area contributed by atoms with Crippen LogP contribution in [0.25, 0.3) is 0 Å². The second kappa shape index (κ2) is 7.79. The van der Waals surface area contributed by atoms with E-state index in [1.165, 1.54) is 12.7 Å². The molecular weight excluding hydrogens is 208 g/mol. The van der Waals surface area contributed by atoms with Crippen LogP contribution in [-0.2, 0) is 9.47 Å². The summed E-state index contributed by atoms with van der Waals surface area (Å²) < 4.78 is 10.3. The zero-order valence-electron chi connectivity index (χ0n) is 10.7. The van der Waals surface area contributed by atoms with E-state index in [1.54, 1.807) is 6.92 Å². The van der Waals surface area contributed by atoms with Gasteiger partial charge in [0.15, 0.2) is 0 Å². The minimum atomic E-state index is -0.895. The number of aliphatic hydroxyl groups is 2. The third-order valence-electron chi connectivity index (χ3n) is 2.58. The molecule has 0 saturated heterocycles. The summed E-state index contributed by atoms with van der Waals surface area (Å²) in [5, 5.41) is 18.7. The number of hydrogen-bond donors (Lipinski definition) is 2. The molecule has 0 fully saturated rings. The monoisotopic (exact) mass is 232 g/mol. The van der Waals surface area contributed by atoms with E-state index in [-0.39, 0.29) is 13.4 Å². The van der Waals surface area contributed by atoms with Crippen LogP contribution in [-0.4, -0.2) is 42.4 Å². The maximum Gasteiger partial charge on any atom is 0.147 e.